The second kappa shape index (κ2) is 4.56. The highest BCUT2D eigenvalue weighted by atomic mass is 19.1. The lowest BCUT2D eigenvalue weighted by atomic mass is 9.85. The molecule has 0 saturated carbocycles. The number of carbonyl (C=O) groups is 1. The lowest BCUT2D eigenvalue weighted by molar-refractivity contribution is -0.875. The van der Waals surface area contributed by atoms with Crippen LogP contribution in [0.1, 0.15) is 31.4 Å². The monoisotopic (exact) mass is 288 g/mol. The molecule has 1 fully saturated rings. The topological polar surface area (TPSA) is 36.8 Å². The molecule has 1 aromatic carbocycles. The van der Waals surface area contributed by atoms with Crippen molar-refractivity contribution in [1.29, 1.82) is 0 Å². The fourth-order valence-corrected chi connectivity index (χ4v) is 3.97. The van der Waals surface area contributed by atoms with E-state index in [-0.39, 0.29) is 17.8 Å². The zero-order valence-corrected chi connectivity index (χ0v) is 12.0. The van der Waals surface area contributed by atoms with Crippen molar-refractivity contribution >= 4 is 5.91 Å². The maximum Gasteiger partial charge on any atom is 0.238 e. The third-order valence-corrected chi connectivity index (χ3v) is 4.97. The van der Waals surface area contributed by atoms with Crippen LogP contribution in [-0.2, 0) is 4.79 Å². The third-order valence-electron chi connectivity index (χ3n) is 4.97. The van der Waals surface area contributed by atoms with Crippen LogP contribution in [0.15, 0.2) is 35.7 Å². The summed E-state index contributed by atoms with van der Waals surface area (Å²) in [6.07, 6.45) is 2.37. The molecule has 0 aliphatic carbocycles. The molecule has 1 saturated heterocycles. The van der Waals surface area contributed by atoms with Crippen LogP contribution >= 0.6 is 0 Å². The van der Waals surface area contributed by atoms with Crippen LogP contribution in [0.25, 0.3) is 0 Å². The molecule has 0 radical (unpaired) electrons. The molecule has 1 unspecified atom stereocenters. The van der Waals surface area contributed by atoms with Crippen LogP contribution < -0.4 is 10.3 Å². The van der Waals surface area contributed by atoms with Crippen molar-refractivity contribution in [1.82, 2.24) is 10.4 Å². The molecule has 110 valence electrons. The van der Waals surface area contributed by atoms with E-state index in [0.717, 1.165) is 18.7 Å². The van der Waals surface area contributed by atoms with E-state index < -0.39 is 0 Å². The maximum absolute atomic E-state index is 13.2. The number of rotatable bonds is 1. The smallest absolute Gasteiger partial charge is 0.238 e. The molecule has 4 nitrogen and oxygen atoms in total. The van der Waals surface area contributed by atoms with Gasteiger partial charge in [0.2, 0.25) is 5.91 Å². The molecule has 0 aromatic heterocycles. The second-order valence-corrected chi connectivity index (χ2v) is 6.16. The third kappa shape index (κ3) is 1.87. The normalized spacial score (nSPS) is 30.4. The number of hydrogen-bond acceptors (Lipinski definition) is 2. The molecule has 4 aliphatic rings. The number of nitrogens with zero attached hydrogens (tertiary/aromatic N) is 1. The number of halogens is 1. The van der Waals surface area contributed by atoms with Gasteiger partial charge in [0.1, 0.15) is 5.82 Å². The predicted molar refractivity (Wildman–Crippen MR) is 75.2 cm³/mol. The lowest BCUT2D eigenvalue weighted by Gasteiger charge is -2.36. The summed E-state index contributed by atoms with van der Waals surface area (Å²) in [5.74, 6) is 0.301. The summed E-state index contributed by atoms with van der Waals surface area (Å²) in [5.41, 5.74) is 6.83. The van der Waals surface area contributed by atoms with Crippen molar-refractivity contribution < 1.29 is 14.1 Å². The average molecular weight is 288 g/mol. The van der Waals surface area contributed by atoms with E-state index in [4.69, 9.17) is 0 Å². The number of hydrogen-bond donors (Lipinski definition) is 2. The van der Waals surface area contributed by atoms with Crippen LogP contribution in [0.3, 0.4) is 0 Å². The van der Waals surface area contributed by atoms with Gasteiger partial charge in [0.05, 0.1) is 18.8 Å². The average Bonchev–Trinajstić information content (AvgIpc) is 2.92. The summed E-state index contributed by atoms with van der Waals surface area (Å²) < 4.78 is 13.2. The Morgan fingerprint density at radius 2 is 1.95 bits per heavy atom. The molecule has 5 heteroatoms. The van der Waals surface area contributed by atoms with Gasteiger partial charge in [0, 0.05) is 25.7 Å². The molecule has 1 atom stereocenters. The van der Waals surface area contributed by atoms with Gasteiger partial charge in [0.15, 0.2) is 11.7 Å². The number of allylic oxidation sites excluding steroid dienone is 1. The minimum Gasteiger partial charge on any atom is -0.302 e. The Kier molecular flexibility index (Phi) is 2.79. The molecule has 1 aromatic rings. The fraction of sp³-hybridized carbons (Fsp3) is 0.438. The van der Waals surface area contributed by atoms with Gasteiger partial charge in [-0.1, -0.05) is 12.1 Å². The Bertz CT molecular complexity index is 617. The van der Waals surface area contributed by atoms with Gasteiger partial charge in [-0.15, -0.1) is 0 Å². The number of nitrogens with one attached hydrogen (secondary N) is 2. The van der Waals surface area contributed by atoms with Crippen LogP contribution in [0.5, 0.6) is 0 Å². The van der Waals surface area contributed by atoms with Gasteiger partial charge in [-0.25, -0.2) is 9.40 Å². The Morgan fingerprint density at radius 3 is 2.57 bits per heavy atom. The molecule has 5 rings (SSSR count). The standard InChI is InChI=1S/C16H18FN3O/c1-10(21)20-15(12-2-4-13(17)5-3-12)16-14(18-20)11-6-8-19(16)9-7-11/h2-5,11,15,18H,6-9H2,1H3/p+1. The Morgan fingerprint density at radius 1 is 1.29 bits per heavy atom. The minimum absolute atomic E-state index is 0.00118. The molecular formula is C16H19FN3O+. The summed E-state index contributed by atoms with van der Waals surface area (Å²) >= 11 is 0. The maximum atomic E-state index is 13.2. The number of benzene rings is 1. The van der Waals surface area contributed by atoms with Gasteiger partial charge in [-0.2, -0.15) is 0 Å². The first kappa shape index (κ1) is 12.8. The Hall–Kier alpha value is -1.88. The van der Waals surface area contributed by atoms with E-state index in [1.165, 1.54) is 41.3 Å². The molecule has 0 spiro atoms. The SMILES string of the molecule is CC(=O)N1NC2=C(C1c1ccc(F)cc1)[NH+]1CCC2CC1. The minimum atomic E-state index is -0.244. The van der Waals surface area contributed by atoms with Gasteiger partial charge >= 0.3 is 0 Å². The van der Waals surface area contributed by atoms with Crippen LogP contribution in [-0.4, -0.2) is 24.0 Å². The first-order valence-corrected chi connectivity index (χ1v) is 7.56. The van der Waals surface area contributed by atoms with Crippen LogP contribution in [0.4, 0.5) is 4.39 Å². The van der Waals surface area contributed by atoms with Crippen LogP contribution in [0, 0.1) is 11.7 Å². The summed E-state index contributed by atoms with van der Waals surface area (Å²) in [6, 6.07) is 6.42. The first-order chi connectivity index (χ1) is 10.1. The van der Waals surface area contributed by atoms with Crippen molar-refractivity contribution in [3.05, 3.63) is 47.0 Å². The summed E-state index contributed by atoms with van der Waals surface area (Å²) in [5, 5.41) is 1.71. The highest BCUT2D eigenvalue weighted by Crippen LogP contribution is 2.38. The lowest BCUT2D eigenvalue weighted by Crippen LogP contribution is -3.13. The highest BCUT2D eigenvalue weighted by Gasteiger charge is 2.49. The van der Waals surface area contributed by atoms with Gasteiger partial charge in [-0.3, -0.25) is 10.2 Å². The summed E-state index contributed by atoms with van der Waals surface area (Å²) in [6.45, 7) is 3.85. The first-order valence-electron chi connectivity index (χ1n) is 7.56. The largest absolute Gasteiger partial charge is 0.302 e. The van der Waals surface area contributed by atoms with Gasteiger partial charge < -0.3 is 4.90 Å². The fourth-order valence-electron chi connectivity index (χ4n) is 3.97. The predicted octanol–water partition coefficient (Wildman–Crippen LogP) is 0.754. The van der Waals surface area contributed by atoms with E-state index in [1.807, 2.05) is 0 Å². The zero-order valence-electron chi connectivity index (χ0n) is 12.0. The van der Waals surface area contributed by atoms with Crippen LogP contribution in [0.2, 0.25) is 0 Å². The highest BCUT2D eigenvalue weighted by molar-refractivity contribution is 5.74. The molecule has 4 heterocycles. The molecule has 4 aliphatic heterocycles. The number of amides is 1. The molecule has 21 heavy (non-hydrogen) atoms. The number of fused-ring (bicyclic) bond motifs is 2. The number of quaternary nitrogens is 1. The van der Waals surface area contributed by atoms with Crippen molar-refractivity contribution in [2.75, 3.05) is 13.1 Å². The molecule has 1 amide bonds. The van der Waals surface area contributed by atoms with Crippen molar-refractivity contribution in [2.45, 2.75) is 25.8 Å². The van der Waals surface area contributed by atoms with Crippen molar-refractivity contribution in [3.8, 4) is 0 Å². The molecule has 2 bridgehead atoms. The van der Waals surface area contributed by atoms with Gasteiger partial charge in [-0.05, 0) is 17.7 Å². The zero-order chi connectivity index (χ0) is 14.6. The van der Waals surface area contributed by atoms with Crippen molar-refractivity contribution in [3.63, 3.8) is 0 Å². The van der Waals surface area contributed by atoms with E-state index in [9.17, 15) is 9.18 Å². The van der Waals surface area contributed by atoms with E-state index in [0.29, 0.717) is 5.92 Å². The van der Waals surface area contributed by atoms with Crippen molar-refractivity contribution in [2.24, 2.45) is 5.92 Å². The molecule has 2 N–H and O–H groups in total. The molecular weight excluding hydrogens is 269 g/mol. The Labute approximate surface area is 123 Å². The van der Waals surface area contributed by atoms with E-state index >= 15 is 0 Å². The number of carbonyl (C=O) groups excluding carboxylic acids is 1. The summed E-state index contributed by atoms with van der Waals surface area (Å²) in [4.78, 5) is 13.5. The summed E-state index contributed by atoms with van der Waals surface area (Å²) in [7, 11) is 0. The second-order valence-electron chi connectivity index (χ2n) is 6.16. The van der Waals surface area contributed by atoms with Gasteiger partial charge in [0.25, 0.3) is 0 Å². The number of hydrazine groups is 1. The van der Waals surface area contributed by atoms with E-state index in [1.54, 1.807) is 24.1 Å². The Balaban J connectivity index is 1.80. The number of piperidine rings is 1. The van der Waals surface area contributed by atoms with E-state index in [2.05, 4.69) is 5.43 Å². The quantitative estimate of drug-likeness (QED) is 0.800.